The average molecular weight is 308 g/mol. The Hall–Kier alpha value is -1.55. The van der Waals surface area contributed by atoms with Crippen LogP contribution in [0.25, 0.3) is 0 Å². The second-order valence-corrected chi connectivity index (χ2v) is 6.78. The van der Waals surface area contributed by atoms with E-state index in [9.17, 15) is 4.79 Å². The summed E-state index contributed by atoms with van der Waals surface area (Å²) in [6, 6.07) is 3.76. The largest absolute Gasteiger partial charge is 0.353 e. The molecule has 1 saturated heterocycles. The van der Waals surface area contributed by atoms with E-state index in [1.807, 2.05) is 23.1 Å². The van der Waals surface area contributed by atoms with Gasteiger partial charge >= 0.3 is 0 Å². The highest BCUT2D eigenvalue weighted by Crippen LogP contribution is 2.17. The van der Waals surface area contributed by atoms with Gasteiger partial charge in [0.25, 0.3) is 0 Å². The van der Waals surface area contributed by atoms with Gasteiger partial charge < -0.3 is 9.80 Å². The van der Waals surface area contributed by atoms with E-state index in [0.717, 1.165) is 32.0 Å². The van der Waals surface area contributed by atoms with Crippen LogP contribution in [0.1, 0.15) is 20.8 Å². The molecule has 0 spiro atoms. The monoisotopic (exact) mass is 307 g/mol. The molecule has 114 valence electrons. The molecular formula is C16H22ClN3O. The van der Waals surface area contributed by atoms with Crippen LogP contribution in [0.15, 0.2) is 30.5 Å². The minimum absolute atomic E-state index is 0.0324. The fourth-order valence-corrected chi connectivity index (χ4v) is 2.25. The zero-order valence-electron chi connectivity index (χ0n) is 12.8. The molecule has 1 aliphatic heterocycles. The molecule has 0 N–H and O–H groups in total. The molecule has 1 aromatic heterocycles. The summed E-state index contributed by atoms with van der Waals surface area (Å²) in [5.41, 5.74) is 0.0324. The van der Waals surface area contributed by atoms with Crippen LogP contribution in [-0.4, -0.2) is 42.0 Å². The van der Waals surface area contributed by atoms with Crippen LogP contribution in [-0.2, 0) is 4.79 Å². The van der Waals surface area contributed by atoms with E-state index in [1.165, 1.54) is 0 Å². The summed E-state index contributed by atoms with van der Waals surface area (Å²) in [5.74, 6) is 1.00. The molecule has 5 heteroatoms. The fraction of sp³-hybridized carbons (Fsp3) is 0.500. The molecule has 1 aliphatic rings. The zero-order chi connectivity index (χ0) is 15.5. The Morgan fingerprint density at radius 2 is 1.90 bits per heavy atom. The van der Waals surface area contributed by atoms with Crippen molar-refractivity contribution in [3.8, 4) is 0 Å². The van der Waals surface area contributed by atoms with Crippen molar-refractivity contribution < 1.29 is 4.79 Å². The Morgan fingerprint density at radius 1 is 1.24 bits per heavy atom. The molecule has 21 heavy (non-hydrogen) atoms. The molecule has 0 saturated carbocycles. The van der Waals surface area contributed by atoms with Crippen molar-refractivity contribution in [2.45, 2.75) is 20.8 Å². The zero-order valence-corrected chi connectivity index (χ0v) is 13.6. The summed E-state index contributed by atoms with van der Waals surface area (Å²) in [5, 5.41) is 0.639. The van der Waals surface area contributed by atoms with E-state index in [-0.39, 0.29) is 11.3 Å². The quantitative estimate of drug-likeness (QED) is 0.788. The lowest BCUT2D eigenvalue weighted by molar-refractivity contribution is -0.126. The standard InChI is InChI=1S/C16H22ClN3O/c1-16(2,3)7-6-15(21)20-10-8-19(9-11-20)14-5-4-13(17)12-18-14/h4-7,12H,8-11H2,1-3H3. The van der Waals surface area contributed by atoms with Crippen LogP contribution in [0.3, 0.4) is 0 Å². The minimum atomic E-state index is 0.0324. The number of carbonyl (C=O) groups excluding carboxylic acids is 1. The SMILES string of the molecule is CC(C)(C)C=CC(=O)N1CCN(c2ccc(Cl)cn2)CC1. The van der Waals surface area contributed by atoms with Gasteiger partial charge in [-0.2, -0.15) is 0 Å². The Bertz CT molecular complexity index is 511. The third-order valence-electron chi connectivity index (χ3n) is 3.35. The first-order valence-corrected chi connectivity index (χ1v) is 7.58. The molecular weight excluding hydrogens is 286 g/mol. The lowest BCUT2D eigenvalue weighted by Crippen LogP contribution is -2.48. The molecule has 0 aromatic carbocycles. The van der Waals surface area contributed by atoms with Crippen molar-refractivity contribution in [3.63, 3.8) is 0 Å². The van der Waals surface area contributed by atoms with E-state index in [0.29, 0.717) is 5.02 Å². The molecule has 2 heterocycles. The van der Waals surface area contributed by atoms with E-state index in [4.69, 9.17) is 11.6 Å². The molecule has 0 atom stereocenters. The topological polar surface area (TPSA) is 36.4 Å². The van der Waals surface area contributed by atoms with Crippen molar-refractivity contribution in [2.75, 3.05) is 31.1 Å². The number of anilines is 1. The number of aromatic nitrogens is 1. The molecule has 2 rings (SSSR count). The summed E-state index contributed by atoms with van der Waals surface area (Å²) in [6.07, 6.45) is 5.30. The Morgan fingerprint density at radius 3 is 2.43 bits per heavy atom. The van der Waals surface area contributed by atoms with Gasteiger partial charge in [0.2, 0.25) is 5.91 Å². The van der Waals surface area contributed by atoms with Gasteiger partial charge in [-0.25, -0.2) is 4.98 Å². The second-order valence-electron chi connectivity index (χ2n) is 6.35. The van der Waals surface area contributed by atoms with Crippen LogP contribution in [0, 0.1) is 5.41 Å². The van der Waals surface area contributed by atoms with Crippen LogP contribution < -0.4 is 4.90 Å². The summed E-state index contributed by atoms with van der Waals surface area (Å²) in [4.78, 5) is 20.5. The van der Waals surface area contributed by atoms with Crippen molar-refractivity contribution in [1.29, 1.82) is 0 Å². The summed E-state index contributed by atoms with van der Waals surface area (Å²) in [7, 11) is 0. The molecule has 1 aromatic rings. The Kier molecular flexibility index (Phi) is 4.88. The molecule has 0 unspecified atom stereocenters. The normalized spacial score (nSPS) is 16.6. The van der Waals surface area contributed by atoms with Gasteiger partial charge in [-0.05, 0) is 23.6 Å². The number of nitrogens with zero attached hydrogens (tertiary/aromatic N) is 3. The third kappa shape index (κ3) is 4.74. The van der Waals surface area contributed by atoms with E-state index in [2.05, 4.69) is 30.7 Å². The van der Waals surface area contributed by atoms with E-state index in [1.54, 1.807) is 12.3 Å². The summed E-state index contributed by atoms with van der Waals surface area (Å²) >= 11 is 5.85. The Balaban J connectivity index is 1.90. The lowest BCUT2D eigenvalue weighted by Gasteiger charge is -2.35. The van der Waals surface area contributed by atoms with Gasteiger partial charge in [-0.3, -0.25) is 4.79 Å². The molecule has 0 aliphatic carbocycles. The van der Waals surface area contributed by atoms with Gasteiger partial charge in [-0.15, -0.1) is 0 Å². The first-order valence-electron chi connectivity index (χ1n) is 7.20. The van der Waals surface area contributed by atoms with Gasteiger partial charge in [0.1, 0.15) is 5.82 Å². The molecule has 1 fully saturated rings. The molecule has 1 amide bonds. The molecule has 0 radical (unpaired) electrons. The maximum absolute atomic E-state index is 12.1. The number of hydrogen-bond acceptors (Lipinski definition) is 3. The van der Waals surface area contributed by atoms with Crippen LogP contribution >= 0.6 is 11.6 Å². The number of amides is 1. The number of hydrogen-bond donors (Lipinski definition) is 0. The van der Waals surface area contributed by atoms with Gasteiger partial charge in [0.15, 0.2) is 0 Å². The first kappa shape index (κ1) is 15.8. The summed E-state index contributed by atoms with van der Waals surface area (Å²) < 4.78 is 0. The smallest absolute Gasteiger partial charge is 0.246 e. The highest BCUT2D eigenvalue weighted by atomic mass is 35.5. The highest BCUT2D eigenvalue weighted by molar-refractivity contribution is 6.30. The maximum atomic E-state index is 12.1. The van der Waals surface area contributed by atoms with Crippen molar-refractivity contribution in [1.82, 2.24) is 9.88 Å². The van der Waals surface area contributed by atoms with Gasteiger partial charge in [-0.1, -0.05) is 38.4 Å². The van der Waals surface area contributed by atoms with Crippen molar-refractivity contribution in [3.05, 3.63) is 35.5 Å². The fourth-order valence-electron chi connectivity index (χ4n) is 2.14. The average Bonchev–Trinajstić information content (AvgIpc) is 2.45. The maximum Gasteiger partial charge on any atom is 0.246 e. The summed E-state index contributed by atoms with van der Waals surface area (Å²) in [6.45, 7) is 9.28. The third-order valence-corrected chi connectivity index (χ3v) is 3.58. The highest BCUT2D eigenvalue weighted by Gasteiger charge is 2.20. The number of halogens is 1. The van der Waals surface area contributed by atoms with E-state index >= 15 is 0 Å². The molecule has 4 nitrogen and oxygen atoms in total. The first-order chi connectivity index (χ1) is 9.85. The van der Waals surface area contributed by atoms with Crippen molar-refractivity contribution in [2.24, 2.45) is 5.41 Å². The van der Waals surface area contributed by atoms with Crippen molar-refractivity contribution >= 4 is 23.3 Å². The van der Waals surface area contributed by atoms with Gasteiger partial charge in [0.05, 0.1) is 5.02 Å². The number of piperazine rings is 1. The minimum Gasteiger partial charge on any atom is -0.353 e. The van der Waals surface area contributed by atoms with Crippen LogP contribution in [0.4, 0.5) is 5.82 Å². The number of carbonyl (C=O) groups is 1. The Labute approximate surface area is 131 Å². The number of rotatable bonds is 2. The predicted octanol–water partition coefficient (Wildman–Crippen LogP) is 2.99. The predicted molar refractivity (Wildman–Crippen MR) is 86.6 cm³/mol. The number of pyridine rings is 1. The number of allylic oxidation sites excluding steroid dienone is 1. The van der Waals surface area contributed by atoms with Gasteiger partial charge in [0, 0.05) is 32.4 Å². The van der Waals surface area contributed by atoms with Crippen LogP contribution in [0.2, 0.25) is 5.02 Å². The molecule has 0 bridgehead atoms. The van der Waals surface area contributed by atoms with Crippen LogP contribution in [0.5, 0.6) is 0 Å². The lowest BCUT2D eigenvalue weighted by atomic mass is 9.96. The van der Waals surface area contributed by atoms with E-state index < -0.39 is 0 Å². The second kappa shape index (κ2) is 6.48.